The third-order valence-corrected chi connectivity index (χ3v) is 1.70. The van der Waals surface area contributed by atoms with Crippen molar-refractivity contribution < 1.29 is 24.0 Å². The van der Waals surface area contributed by atoms with Crippen LogP contribution in [0.4, 0.5) is 0 Å². The first-order chi connectivity index (χ1) is 6.93. The van der Waals surface area contributed by atoms with Crippen molar-refractivity contribution >= 4 is 11.9 Å². The van der Waals surface area contributed by atoms with E-state index in [9.17, 15) is 19.7 Å². The number of esters is 2. The Bertz CT molecular complexity index is 250. The Labute approximate surface area is 85.5 Å². The molecule has 0 bridgehead atoms. The van der Waals surface area contributed by atoms with E-state index >= 15 is 0 Å². The highest BCUT2D eigenvalue weighted by Crippen LogP contribution is 2.07. The molecule has 0 spiro atoms. The standard InChI is InChI=1S/C7H12N2O6/c1-14-6(10)5(7(11)15-2)4(8)3-9(12)13/h4-5H,3,8H2,1-2H3. The van der Waals surface area contributed by atoms with Gasteiger partial charge in [0.25, 0.3) is 0 Å². The van der Waals surface area contributed by atoms with Crippen molar-refractivity contribution in [1.29, 1.82) is 0 Å². The Kier molecular flexibility index (Phi) is 5.24. The Morgan fingerprint density at radius 2 is 1.73 bits per heavy atom. The van der Waals surface area contributed by atoms with Crippen LogP contribution in [0.3, 0.4) is 0 Å². The van der Waals surface area contributed by atoms with Crippen LogP contribution in [0, 0.1) is 16.0 Å². The Morgan fingerprint density at radius 1 is 1.33 bits per heavy atom. The van der Waals surface area contributed by atoms with Crippen molar-refractivity contribution in [2.45, 2.75) is 6.04 Å². The maximum Gasteiger partial charge on any atom is 0.321 e. The fourth-order valence-corrected chi connectivity index (χ4v) is 0.977. The van der Waals surface area contributed by atoms with E-state index in [1.54, 1.807) is 0 Å². The van der Waals surface area contributed by atoms with Crippen molar-refractivity contribution in [3.63, 3.8) is 0 Å². The number of methoxy groups -OCH3 is 2. The molecule has 2 N–H and O–H groups in total. The molecule has 0 aliphatic rings. The zero-order chi connectivity index (χ0) is 12.0. The van der Waals surface area contributed by atoms with Gasteiger partial charge in [-0.15, -0.1) is 0 Å². The van der Waals surface area contributed by atoms with Gasteiger partial charge in [0.15, 0.2) is 5.92 Å². The summed E-state index contributed by atoms with van der Waals surface area (Å²) < 4.78 is 8.59. The largest absolute Gasteiger partial charge is 0.468 e. The van der Waals surface area contributed by atoms with Crippen LogP contribution >= 0.6 is 0 Å². The molecule has 15 heavy (non-hydrogen) atoms. The summed E-state index contributed by atoms with van der Waals surface area (Å²) in [6, 6.07) is -1.26. The lowest BCUT2D eigenvalue weighted by atomic mass is 10.0. The van der Waals surface area contributed by atoms with Crippen LogP contribution in [-0.2, 0) is 19.1 Å². The molecule has 8 heteroatoms. The normalized spacial score (nSPS) is 12.0. The molecule has 0 aromatic carbocycles. The highest BCUT2D eigenvalue weighted by Gasteiger charge is 2.37. The molecule has 0 aliphatic carbocycles. The molecular formula is C7H12N2O6. The number of carbonyl (C=O) groups is 2. The van der Waals surface area contributed by atoms with Crippen molar-refractivity contribution in [1.82, 2.24) is 0 Å². The van der Waals surface area contributed by atoms with Gasteiger partial charge in [-0.2, -0.15) is 0 Å². The molecule has 1 atom stereocenters. The second-order valence-corrected chi connectivity index (χ2v) is 2.70. The summed E-state index contributed by atoms with van der Waals surface area (Å²) in [7, 11) is 2.11. The molecule has 0 radical (unpaired) electrons. The zero-order valence-corrected chi connectivity index (χ0v) is 8.34. The minimum Gasteiger partial charge on any atom is -0.468 e. The third-order valence-electron chi connectivity index (χ3n) is 1.70. The van der Waals surface area contributed by atoms with Crippen molar-refractivity contribution in [3.05, 3.63) is 10.1 Å². The SMILES string of the molecule is COC(=O)C(C(=O)OC)C(N)C[N+](=O)[O-]. The quantitative estimate of drug-likeness (QED) is 0.260. The molecule has 0 aromatic rings. The predicted octanol–water partition coefficient (Wildman–Crippen LogP) is -1.45. The molecule has 0 rings (SSSR count). The molecule has 0 aliphatic heterocycles. The van der Waals surface area contributed by atoms with Gasteiger partial charge in [0, 0.05) is 4.92 Å². The molecule has 0 amide bonds. The van der Waals surface area contributed by atoms with E-state index in [0.29, 0.717) is 0 Å². The summed E-state index contributed by atoms with van der Waals surface area (Å²) >= 11 is 0. The molecule has 1 unspecified atom stereocenters. The molecule has 0 aromatic heterocycles. The van der Waals surface area contributed by atoms with E-state index in [1.165, 1.54) is 0 Å². The van der Waals surface area contributed by atoms with Gasteiger partial charge in [0.2, 0.25) is 6.54 Å². The minimum atomic E-state index is -1.47. The summed E-state index contributed by atoms with van der Waals surface area (Å²) in [6.07, 6.45) is 0. The minimum absolute atomic E-state index is 0.713. The van der Waals surface area contributed by atoms with Gasteiger partial charge in [-0.1, -0.05) is 0 Å². The lowest BCUT2D eigenvalue weighted by molar-refractivity contribution is -0.483. The molecule has 0 heterocycles. The van der Waals surface area contributed by atoms with Crippen molar-refractivity contribution in [2.75, 3.05) is 20.8 Å². The van der Waals surface area contributed by atoms with E-state index in [0.717, 1.165) is 14.2 Å². The van der Waals surface area contributed by atoms with Gasteiger partial charge in [-0.3, -0.25) is 19.7 Å². The lowest BCUT2D eigenvalue weighted by Crippen LogP contribution is -2.46. The monoisotopic (exact) mass is 220 g/mol. The summed E-state index contributed by atoms with van der Waals surface area (Å²) in [5.41, 5.74) is 5.33. The average molecular weight is 220 g/mol. The smallest absolute Gasteiger partial charge is 0.321 e. The number of rotatable bonds is 5. The van der Waals surface area contributed by atoms with Gasteiger partial charge in [-0.05, 0) is 0 Å². The zero-order valence-electron chi connectivity index (χ0n) is 8.34. The van der Waals surface area contributed by atoms with E-state index in [-0.39, 0.29) is 0 Å². The van der Waals surface area contributed by atoms with Crippen LogP contribution in [0.15, 0.2) is 0 Å². The lowest BCUT2D eigenvalue weighted by Gasteiger charge is -2.15. The van der Waals surface area contributed by atoms with Crippen LogP contribution in [-0.4, -0.2) is 43.7 Å². The molecule has 0 saturated heterocycles. The van der Waals surface area contributed by atoms with Gasteiger partial charge in [0.1, 0.15) is 0 Å². The summed E-state index contributed by atoms with van der Waals surface area (Å²) in [5.74, 6) is -3.36. The first kappa shape index (κ1) is 13.3. The maximum atomic E-state index is 11.1. The van der Waals surface area contributed by atoms with Crippen LogP contribution in [0.1, 0.15) is 0 Å². The predicted molar refractivity (Wildman–Crippen MR) is 47.4 cm³/mol. The van der Waals surface area contributed by atoms with Crippen LogP contribution < -0.4 is 5.73 Å². The number of hydrogen-bond donors (Lipinski definition) is 1. The van der Waals surface area contributed by atoms with Crippen LogP contribution in [0.5, 0.6) is 0 Å². The highest BCUT2D eigenvalue weighted by atomic mass is 16.6. The van der Waals surface area contributed by atoms with Crippen LogP contribution in [0.25, 0.3) is 0 Å². The molecule has 0 fully saturated rings. The van der Waals surface area contributed by atoms with E-state index < -0.39 is 35.4 Å². The molecule has 0 saturated carbocycles. The number of ether oxygens (including phenoxy) is 2. The van der Waals surface area contributed by atoms with Gasteiger partial charge in [-0.25, -0.2) is 0 Å². The summed E-state index contributed by atoms with van der Waals surface area (Å²) in [4.78, 5) is 31.7. The Balaban J connectivity index is 4.69. The van der Waals surface area contributed by atoms with E-state index in [1.807, 2.05) is 0 Å². The second-order valence-electron chi connectivity index (χ2n) is 2.70. The average Bonchev–Trinajstić information content (AvgIpc) is 2.16. The first-order valence-electron chi connectivity index (χ1n) is 3.97. The number of carbonyl (C=O) groups excluding carboxylic acids is 2. The fraction of sp³-hybridized carbons (Fsp3) is 0.714. The fourth-order valence-electron chi connectivity index (χ4n) is 0.977. The van der Waals surface area contributed by atoms with Gasteiger partial charge < -0.3 is 15.2 Å². The van der Waals surface area contributed by atoms with Crippen molar-refractivity contribution in [3.8, 4) is 0 Å². The second kappa shape index (κ2) is 5.91. The first-order valence-corrected chi connectivity index (χ1v) is 3.97. The summed E-state index contributed by atoms with van der Waals surface area (Å²) in [6.45, 7) is -0.713. The number of nitrogens with two attached hydrogens (primary N) is 1. The number of hydrogen-bond acceptors (Lipinski definition) is 7. The number of nitrogens with zero attached hydrogens (tertiary/aromatic N) is 1. The maximum absolute atomic E-state index is 11.1. The van der Waals surface area contributed by atoms with E-state index in [2.05, 4.69) is 9.47 Å². The van der Waals surface area contributed by atoms with Crippen LogP contribution in [0.2, 0.25) is 0 Å². The molecule has 86 valence electrons. The topological polar surface area (TPSA) is 122 Å². The van der Waals surface area contributed by atoms with E-state index in [4.69, 9.17) is 5.73 Å². The summed E-state index contributed by atoms with van der Waals surface area (Å²) in [5, 5.41) is 10.2. The van der Waals surface area contributed by atoms with Gasteiger partial charge in [0.05, 0.1) is 20.3 Å². The highest BCUT2D eigenvalue weighted by molar-refractivity contribution is 5.95. The van der Waals surface area contributed by atoms with Crippen molar-refractivity contribution in [2.24, 2.45) is 11.7 Å². The van der Waals surface area contributed by atoms with Gasteiger partial charge >= 0.3 is 11.9 Å². The Hall–Kier alpha value is -1.70. The molecule has 8 nitrogen and oxygen atoms in total. The number of nitro groups is 1. The third kappa shape index (κ3) is 3.90. The Morgan fingerprint density at radius 3 is 2.00 bits per heavy atom. The molecular weight excluding hydrogens is 208 g/mol.